The van der Waals surface area contributed by atoms with Crippen LogP contribution in [0.15, 0.2) is 24.3 Å². The van der Waals surface area contributed by atoms with Gasteiger partial charge in [-0.1, -0.05) is 50.6 Å². The Morgan fingerprint density at radius 3 is 2.19 bits per heavy atom. The van der Waals surface area contributed by atoms with Crippen LogP contribution in [0.25, 0.3) is 0 Å². The summed E-state index contributed by atoms with van der Waals surface area (Å²) in [6, 6.07) is 0. The molecule has 0 amide bonds. The number of hydrogen-bond donors (Lipinski definition) is 2. The highest BCUT2D eigenvalue weighted by Gasteiger charge is 2.19. The Hall–Kier alpha value is -2.07. The summed E-state index contributed by atoms with van der Waals surface area (Å²) >= 11 is 6.03. The number of ketones is 1. The molecule has 0 radical (unpaired) electrons. The average Bonchev–Trinajstić information content (AvgIpc) is 2.60. The zero-order valence-corrected chi connectivity index (χ0v) is 17.3. The van der Waals surface area contributed by atoms with Crippen LogP contribution in [-0.4, -0.2) is 22.3 Å². The molecular formula is C22H29ClO4. The van der Waals surface area contributed by atoms with Gasteiger partial charge in [0, 0.05) is 11.0 Å². The van der Waals surface area contributed by atoms with Crippen molar-refractivity contribution < 1.29 is 19.8 Å². The summed E-state index contributed by atoms with van der Waals surface area (Å²) in [6.07, 6.45) is 11.9. The second kappa shape index (κ2) is 10.3. The molecule has 1 rings (SSSR count). The molecule has 1 aromatic rings. The topological polar surface area (TPSA) is 74.6 Å². The van der Waals surface area contributed by atoms with Crippen molar-refractivity contribution in [3.63, 3.8) is 0 Å². The molecule has 0 aliphatic carbocycles. The number of allylic oxidation sites excluding steroid dienone is 4. The Kier molecular flexibility index (Phi) is 8.77. The Morgan fingerprint density at radius 2 is 1.63 bits per heavy atom. The van der Waals surface area contributed by atoms with E-state index in [1.807, 2.05) is 39.0 Å². The van der Waals surface area contributed by atoms with E-state index in [-0.39, 0.29) is 38.8 Å². The Bertz CT molecular complexity index is 740. The number of unbranched alkanes of at least 4 members (excludes halogenated alkanes) is 3. The Morgan fingerprint density at radius 1 is 1.04 bits per heavy atom. The van der Waals surface area contributed by atoms with Crippen molar-refractivity contribution in [2.75, 3.05) is 0 Å². The molecule has 1 aromatic carbocycles. The van der Waals surface area contributed by atoms with Gasteiger partial charge in [0.2, 0.25) is 0 Å². The lowest BCUT2D eigenvalue weighted by atomic mass is 9.90. The largest absolute Gasteiger partial charge is 0.507 e. The number of carbonyl (C=O) groups excluding carboxylic acids is 2. The molecule has 27 heavy (non-hydrogen) atoms. The summed E-state index contributed by atoms with van der Waals surface area (Å²) in [6.45, 7) is 7.28. The van der Waals surface area contributed by atoms with Gasteiger partial charge in [-0.25, -0.2) is 0 Å². The highest BCUT2D eigenvalue weighted by atomic mass is 35.5. The van der Waals surface area contributed by atoms with Crippen molar-refractivity contribution in [3.8, 4) is 11.5 Å². The Labute approximate surface area is 166 Å². The fourth-order valence-electron chi connectivity index (χ4n) is 2.50. The third kappa shape index (κ3) is 6.55. The van der Waals surface area contributed by atoms with Gasteiger partial charge < -0.3 is 10.2 Å². The summed E-state index contributed by atoms with van der Waals surface area (Å²) in [5.41, 5.74) is 0.400. The van der Waals surface area contributed by atoms with Crippen molar-refractivity contribution in [1.29, 1.82) is 0 Å². The summed E-state index contributed by atoms with van der Waals surface area (Å²) in [4.78, 5) is 22.9. The summed E-state index contributed by atoms with van der Waals surface area (Å²) < 4.78 is 0. The maximum Gasteiger partial charge on any atom is 0.160 e. The molecule has 0 atom stereocenters. The first-order chi connectivity index (χ1) is 12.6. The van der Waals surface area contributed by atoms with Crippen LogP contribution >= 0.6 is 11.6 Å². The number of hydrogen-bond acceptors (Lipinski definition) is 4. The molecule has 0 saturated carbocycles. The van der Waals surface area contributed by atoms with Gasteiger partial charge in [0.05, 0.1) is 10.6 Å². The van der Waals surface area contributed by atoms with Crippen molar-refractivity contribution in [2.24, 2.45) is 5.41 Å². The monoisotopic (exact) mass is 392 g/mol. The third-order valence-corrected chi connectivity index (χ3v) is 4.84. The number of rotatable bonds is 9. The van der Waals surface area contributed by atoms with Crippen molar-refractivity contribution in [2.45, 2.75) is 59.8 Å². The zero-order chi connectivity index (χ0) is 20.6. The Balaban J connectivity index is 2.49. The van der Waals surface area contributed by atoms with Gasteiger partial charge in [0.15, 0.2) is 12.1 Å². The van der Waals surface area contributed by atoms with Gasteiger partial charge in [-0.3, -0.25) is 9.59 Å². The minimum Gasteiger partial charge on any atom is -0.507 e. The maximum absolute atomic E-state index is 11.7. The lowest BCUT2D eigenvalue weighted by molar-refractivity contribution is -0.121. The number of aldehydes is 1. The highest BCUT2D eigenvalue weighted by Crippen LogP contribution is 2.40. The lowest BCUT2D eigenvalue weighted by Crippen LogP contribution is -2.17. The molecule has 4 nitrogen and oxygen atoms in total. The van der Waals surface area contributed by atoms with E-state index in [9.17, 15) is 19.8 Å². The molecule has 0 saturated heterocycles. The third-order valence-electron chi connectivity index (χ3n) is 4.37. The van der Waals surface area contributed by atoms with Crippen LogP contribution in [0.1, 0.15) is 67.9 Å². The van der Waals surface area contributed by atoms with E-state index in [2.05, 4.69) is 0 Å². The lowest BCUT2D eigenvalue weighted by Gasteiger charge is -2.12. The van der Waals surface area contributed by atoms with Crippen LogP contribution < -0.4 is 0 Å². The van der Waals surface area contributed by atoms with Crippen LogP contribution in [0.3, 0.4) is 0 Å². The maximum atomic E-state index is 11.7. The van der Waals surface area contributed by atoms with Gasteiger partial charge in [-0.15, -0.1) is 0 Å². The molecule has 0 bridgehead atoms. The molecule has 0 fully saturated rings. The molecular weight excluding hydrogens is 364 g/mol. The number of benzene rings is 1. The molecule has 2 N–H and O–H groups in total. The van der Waals surface area contributed by atoms with Crippen LogP contribution in [0.4, 0.5) is 0 Å². The van der Waals surface area contributed by atoms with E-state index < -0.39 is 0 Å². The quantitative estimate of drug-likeness (QED) is 0.244. The highest BCUT2D eigenvalue weighted by molar-refractivity contribution is 6.33. The minimum atomic E-state index is -0.334. The molecule has 0 aliphatic rings. The predicted molar refractivity (Wildman–Crippen MR) is 110 cm³/mol. The molecule has 148 valence electrons. The number of phenols is 2. The summed E-state index contributed by atoms with van der Waals surface area (Å²) in [7, 11) is 0. The zero-order valence-electron chi connectivity index (χ0n) is 16.5. The first kappa shape index (κ1) is 23.0. The van der Waals surface area contributed by atoms with E-state index in [1.165, 1.54) is 0 Å². The van der Waals surface area contributed by atoms with E-state index in [0.717, 1.165) is 25.7 Å². The molecule has 5 heteroatoms. The van der Waals surface area contributed by atoms with E-state index in [0.29, 0.717) is 18.3 Å². The van der Waals surface area contributed by atoms with Crippen LogP contribution in [0.2, 0.25) is 5.02 Å². The summed E-state index contributed by atoms with van der Waals surface area (Å²) in [5, 5.41) is 20.4. The van der Waals surface area contributed by atoms with Crippen molar-refractivity contribution in [3.05, 3.63) is 46.0 Å². The van der Waals surface area contributed by atoms with Gasteiger partial charge in [-0.05, 0) is 50.7 Å². The number of aromatic hydroxyl groups is 2. The fourth-order valence-corrected chi connectivity index (χ4v) is 2.72. The van der Waals surface area contributed by atoms with Gasteiger partial charge >= 0.3 is 0 Å². The molecule has 0 unspecified atom stereocenters. The SMILES string of the molecule is Cc1c(Cl)c(O)c(CC=CCCCCC=CC(=O)C(C)(C)C)c(O)c1C=O. The molecule has 0 spiro atoms. The first-order valence-electron chi connectivity index (χ1n) is 9.15. The standard InChI is InChI=1S/C22H29ClO4/c1-15-17(14-24)20(26)16(21(27)19(15)23)12-10-8-6-5-7-9-11-13-18(25)22(2,3)4/h8,10-11,13-14,26-27H,5-7,9,12H2,1-4H3. The van der Waals surface area contributed by atoms with Gasteiger partial charge in [0.1, 0.15) is 11.5 Å². The second-order valence-electron chi connectivity index (χ2n) is 7.62. The predicted octanol–water partition coefficient (Wildman–Crippen LogP) is 5.70. The van der Waals surface area contributed by atoms with Crippen LogP contribution in [0.5, 0.6) is 11.5 Å². The smallest absolute Gasteiger partial charge is 0.160 e. The fraction of sp³-hybridized carbons (Fsp3) is 0.455. The average molecular weight is 393 g/mol. The van der Waals surface area contributed by atoms with Gasteiger partial charge in [-0.2, -0.15) is 0 Å². The minimum absolute atomic E-state index is 0.0925. The van der Waals surface area contributed by atoms with Crippen molar-refractivity contribution >= 4 is 23.7 Å². The molecule has 0 heterocycles. The second-order valence-corrected chi connectivity index (χ2v) is 8.00. The molecule has 0 aromatic heterocycles. The molecule has 0 aliphatic heterocycles. The van der Waals surface area contributed by atoms with E-state index in [4.69, 9.17) is 11.6 Å². The normalized spacial score (nSPS) is 12.2. The van der Waals surface area contributed by atoms with E-state index in [1.54, 1.807) is 13.0 Å². The number of carbonyl (C=O) groups is 2. The number of halogens is 1. The summed E-state index contributed by atoms with van der Waals surface area (Å²) in [5.74, 6) is -0.272. The first-order valence-corrected chi connectivity index (χ1v) is 9.53. The van der Waals surface area contributed by atoms with Crippen molar-refractivity contribution in [1.82, 2.24) is 0 Å². The number of phenolic OH excluding ortho intramolecular Hbond substituents is 2. The van der Waals surface area contributed by atoms with Gasteiger partial charge in [0.25, 0.3) is 0 Å². The van der Waals surface area contributed by atoms with Crippen LogP contribution in [-0.2, 0) is 11.2 Å². The van der Waals surface area contributed by atoms with E-state index >= 15 is 0 Å². The van der Waals surface area contributed by atoms with Crippen LogP contribution in [0, 0.1) is 12.3 Å².